The van der Waals surface area contributed by atoms with Crippen molar-refractivity contribution in [3.63, 3.8) is 0 Å². The normalized spacial score (nSPS) is 19.1. The van der Waals surface area contributed by atoms with Gasteiger partial charge in [0.1, 0.15) is 6.73 Å². The van der Waals surface area contributed by atoms with Gasteiger partial charge in [0.25, 0.3) is 0 Å². The smallest absolute Gasteiger partial charge is 0.404 e. The van der Waals surface area contributed by atoms with Gasteiger partial charge in [-0.1, -0.05) is 19.6 Å². The summed E-state index contributed by atoms with van der Waals surface area (Å²) in [5.41, 5.74) is 2.73. The van der Waals surface area contributed by atoms with Crippen molar-refractivity contribution in [2.45, 2.75) is 70.6 Å². The van der Waals surface area contributed by atoms with Gasteiger partial charge in [-0.2, -0.15) is 15.3 Å². The first-order chi connectivity index (χ1) is 14.2. The lowest BCUT2D eigenvalue weighted by Crippen LogP contribution is -2.31. The van der Waals surface area contributed by atoms with Crippen LogP contribution in [0.2, 0.25) is 25.7 Å². The summed E-state index contributed by atoms with van der Waals surface area (Å²) < 4.78 is 7.86. The van der Waals surface area contributed by atoms with Crippen LogP contribution in [0.3, 0.4) is 0 Å². The third-order valence-corrected chi connectivity index (χ3v) is 7.07. The maximum atomic E-state index is 11.0. The van der Waals surface area contributed by atoms with Crippen LogP contribution < -0.4 is 10.6 Å². The lowest BCUT2D eigenvalue weighted by Gasteiger charge is -2.17. The van der Waals surface area contributed by atoms with Gasteiger partial charge in [0.05, 0.1) is 17.6 Å². The van der Waals surface area contributed by atoms with E-state index in [1.165, 1.54) is 0 Å². The fourth-order valence-electron chi connectivity index (χ4n) is 3.68. The lowest BCUT2D eigenvalue weighted by molar-refractivity contribution is 0.0758. The van der Waals surface area contributed by atoms with Crippen molar-refractivity contribution < 1.29 is 14.6 Å². The number of anilines is 2. The molecule has 3 rings (SSSR count). The van der Waals surface area contributed by atoms with Gasteiger partial charge >= 0.3 is 6.09 Å². The van der Waals surface area contributed by atoms with Crippen molar-refractivity contribution in [3.8, 4) is 0 Å². The second-order valence-corrected chi connectivity index (χ2v) is 14.7. The maximum Gasteiger partial charge on any atom is 0.404 e. The predicted molar refractivity (Wildman–Crippen MR) is 118 cm³/mol. The Kier molecular flexibility index (Phi) is 7.09. The zero-order valence-electron chi connectivity index (χ0n) is 18.2. The third-order valence-electron chi connectivity index (χ3n) is 5.37. The first-order valence-corrected chi connectivity index (χ1v) is 14.1. The zero-order chi connectivity index (χ0) is 21.7. The highest BCUT2D eigenvalue weighted by molar-refractivity contribution is 6.76. The number of nitrogens with one attached hydrogen (secondary N) is 2. The maximum absolute atomic E-state index is 11.0. The summed E-state index contributed by atoms with van der Waals surface area (Å²) in [5, 5.41) is 27.6. The molecule has 164 valence electrons. The topological polar surface area (TPSA) is 114 Å². The average molecular weight is 433 g/mol. The summed E-state index contributed by atoms with van der Waals surface area (Å²) in [5.74, 6) is 0.965. The first kappa shape index (κ1) is 22.2. The fraction of sp³-hybridized carbons (Fsp3) is 0.600. The molecule has 2 unspecified atom stereocenters. The third kappa shape index (κ3) is 6.27. The van der Waals surface area contributed by atoms with E-state index < -0.39 is 14.2 Å². The van der Waals surface area contributed by atoms with Gasteiger partial charge in [-0.25, -0.2) is 9.48 Å². The van der Waals surface area contributed by atoms with Gasteiger partial charge < -0.3 is 20.5 Å². The molecule has 3 N–H and O–H groups in total. The van der Waals surface area contributed by atoms with E-state index in [-0.39, 0.29) is 12.0 Å². The second kappa shape index (κ2) is 9.56. The molecule has 2 aromatic heterocycles. The highest BCUT2D eigenvalue weighted by Gasteiger charge is 2.30. The van der Waals surface area contributed by atoms with Crippen molar-refractivity contribution in [3.05, 3.63) is 29.7 Å². The Hall–Kier alpha value is -2.46. The number of hydrogen-bond donors (Lipinski definition) is 3. The van der Waals surface area contributed by atoms with Crippen LogP contribution in [0.15, 0.2) is 18.3 Å². The lowest BCUT2D eigenvalue weighted by atomic mass is 10.0. The van der Waals surface area contributed by atoms with E-state index in [1.54, 1.807) is 6.20 Å². The van der Waals surface area contributed by atoms with Gasteiger partial charge in [-0.15, -0.1) is 0 Å². The molecule has 1 saturated carbocycles. The number of aromatic nitrogens is 4. The van der Waals surface area contributed by atoms with Crippen LogP contribution in [0.25, 0.3) is 0 Å². The van der Waals surface area contributed by atoms with Crippen LogP contribution in [0.5, 0.6) is 0 Å². The quantitative estimate of drug-likeness (QED) is 0.406. The molecule has 2 atom stereocenters. The van der Waals surface area contributed by atoms with E-state index in [1.807, 2.05) is 23.7 Å². The number of carboxylic acid groups (broad SMARTS) is 1. The summed E-state index contributed by atoms with van der Waals surface area (Å²) >= 11 is 0. The Morgan fingerprint density at radius 2 is 2.17 bits per heavy atom. The molecule has 2 heterocycles. The van der Waals surface area contributed by atoms with Crippen LogP contribution in [0.1, 0.15) is 36.6 Å². The van der Waals surface area contributed by atoms with Crippen LogP contribution >= 0.6 is 0 Å². The van der Waals surface area contributed by atoms with Crippen LogP contribution in [-0.4, -0.2) is 51.9 Å². The largest absolute Gasteiger partial charge is 0.465 e. The van der Waals surface area contributed by atoms with Crippen LogP contribution in [-0.2, 0) is 11.5 Å². The van der Waals surface area contributed by atoms with Crippen molar-refractivity contribution in [1.29, 1.82) is 0 Å². The van der Waals surface area contributed by atoms with E-state index >= 15 is 0 Å². The standard InChI is InChI=1S/C20H32N6O3Si/c1-14-17(7-8-21-24-14)23-19-12-18(15-5-6-16(11-15)22-20(27)28)26(25-19)13-29-9-10-30(2,3)4/h7-8,12,15-16,22H,5-6,9-11,13H2,1-4H3,(H,27,28)(H,21,23,25). The molecule has 0 aromatic carbocycles. The molecule has 0 radical (unpaired) electrons. The van der Waals surface area contributed by atoms with E-state index in [0.717, 1.165) is 54.8 Å². The van der Waals surface area contributed by atoms with Crippen LogP contribution in [0, 0.1) is 6.92 Å². The van der Waals surface area contributed by atoms with Gasteiger partial charge in [0, 0.05) is 38.4 Å². The Morgan fingerprint density at radius 1 is 1.37 bits per heavy atom. The minimum absolute atomic E-state index is 0.0216. The van der Waals surface area contributed by atoms with Crippen molar-refractivity contribution in [2.24, 2.45) is 0 Å². The first-order valence-electron chi connectivity index (χ1n) is 10.4. The molecule has 2 aromatic rings. The molecule has 0 saturated heterocycles. The highest BCUT2D eigenvalue weighted by atomic mass is 28.3. The summed E-state index contributed by atoms with van der Waals surface area (Å²) in [4.78, 5) is 11.0. The summed E-state index contributed by atoms with van der Waals surface area (Å²) in [7, 11) is -1.16. The molecule has 1 fully saturated rings. The number of amides is 1. The molecule has 10 heteroatoms. The number of ether oxygens (including phenoxy) is 1. The van der Waals surface area contributed by atoms with E-state index in [4.69, 9.17) is 14.9 Å². The zero-order valence-corrected chi connectivity index (χ0v) is 19.2. The number of carbonyl (C=O) groups is 1. The fourth-order valence-corrected chi connectivity index (χ4v) is 4.44. The van der Waals surface area contributed by atoms with Crippen molar-refractivity contribution in [1.82, 2.24) is 25.3 Å². The molecular formula is C20H32N6O3Si. The Bertz CT molecular complexity index is 866. The molecule has 30 heavy (non-hydrogen) atoms. The number of nitrogens with zero attached hydrogens (tertiary/aromatic N) is 4. The Labute approximate surface area is 178 Å². The molecule has 1 amide bonds. The van der Waals surface area contributed by atoms with E-state index in [2.05, 4.69) is 40.5 Å². The average Bonchev–Trinajstić information content (AvgIpc) is 3.26. The number of hydrogen-bond acceptors (Lipinski definition) is 6. The Morgan fingerprint density at radius 3 is 2.87 bits per heavy atom. The van der Waals surface area contributed by atoms with Gasteiger partial charge in [0.2, 0.25) is 0 Å². The summed E-state index contributed by atoms with van der Waals surface area (Å²) in [6.45, 7) is 10.00. The van der Waals surface area contributed by atoms with Crippen molar-refractivity contribution >= 4 is 25.7 Å². The summed E-state index contributed by atoms with van der Waals surface area (Å²) in [6, 6.07) is 4.99. The van der Waals surface area contributed by atoms with E-state index in [0.29, 0.717) is 6.73 Å². The van der Waals surface area contributed by atoms with Crippen LogP contribution in [0.4, 0.5) is 16.3 Å². The van der Waals surface area contributed by atoms with E-state index in [9.17, 15) is 4.79 Å². The number of aryl methyl sites for hydroxylation is 1. The molecule has 0 aliphatic heterocycles. The molecule has 0 spiro atoms. The molecule has 1 aliphatic carbocycles. The van der Waals surface area contributed by atoms with Gasteiger partial charge in [-0.3, -0.25) is 0 Å². The van der Waals surface area contributed by atoms with Gasteiger partial charge in [0.15, 0.2) is 5.82 Å². The minimum Gasteiger partial charge on any atom is -0.465 e. The molecule has 9 nitrogen and oxygen atoms in total. The number of rotatable bonds is 9. The minimum atomic E-state index is -1.16. The molecule has 0 bridgehead atoms. The second-order valence-electron chi connectivity index (χ2n) is 9.11. The SMILES string of the molecule is Cc1nnccc1Nc1cc(C2CCC(NC(=O)O)C2)n(COCC[Si](C)(C)C)n1. The highest BCUT2D eigenvalue weighted by Crippen LogP contribution is 2.36. The molecule has 1 aliphatic rings. The van der Waals surface area contributed by atoms with Gasteiger partial charge in [-0.05, 0) is 38.3 Å². The molecular weight excluding hydrogens is 400 g/mol. The predicted octanol–water partition coefficient (Wildman–Crippen LogP) is 3.94. The monoisotopic (exact) mass is 432 g/mol. The summed E-state index contributed by atoms with van der Waals surface area (Å²) in [6.07, 6.45) is 3.19. The Balaban J connectivity index is 1.74. The van der Waals surface area contributed by atoms with Crippen molar-refractivity contribution in [2.75, 3.05) is 11.9 Å².